The molecular formula is C23H23N3. The second-order valence-electron chi connectivity index (χ2n) is 6.51. The molecule has 0 radical (unpaired) electrons. The van der Waals surface area contributed by atoms with Gasteiger partial charge in [-0.3, -0.25) is 0 Å². The summed E-state index contributed by atoms with van der Waals surface area (Å²) in [7, 11) is 0. The highest BCUT2D eigenvalue weighted by atomic mass is 15.5. The molecule has 0 saturated carbocycles. The van der Waals surface area contributed by atoms with Crippen LogP contribution in [0.25, 0.3) is 0 Å². The van der Waals surface area contributed by atoms with Crippen LogP contribution in [-0.4, -0.2) is 19.3 Å². The predicted octanol–water partition coefficient (Wildman–Crippen LogP) is 5.46. The molecule has 0 unspecified atom stereocenters. The van der Waals surface area contributed by atoms with E-state index in [1.165, 1.54) is 31.6 Å². The number of rotatable bonds is 5. The molecule has 0 bridgehead atoms. The first-order valence-corrected chi connectivity index (χ1v) is 9.19. The lowest BCUT2D eigenvalue weighted by Gasteiger charge is -2.19. The molecule has 0 N–H and O–H groups in total. The Kier molecular flexibility index (Phi) is 4.97. The van der Waals surface area contributed by atoms with E-state index in [0.717, 1.165) is 16.9 Å². The first-order valence-electron chi connectivity index (χ1n) is 9.19. The Hall–Kier alpha value is -3.07. The number of para-hydroxylation sites is 2. The van der Waals surface area contributed by atoms with Gasteiger partial charge >= 0.3 is 0 Å². The van der Waals surface area contributed by atoms with Crippen molar-refractivity contribution in [2.24, 2.45) is 5.10 Å². The van der Waals surface area contributed by atoms with Gasteiger partial charge in [0.2, 0.25) is 0 Å². The number of hydrazone groups is 1. The number of hydrogen-bond acceptors (Lipinski definition) is 3. The van der Waals surface area contributed by atoms with Crippen LogP contribution in [0.3, 0.4) is 0 Å². The number of nitrogens with zero attached hydrogens (tertiary/aromatic N) is 3. The molecular weight excluding hydrogens is 318 g/mol. The Morgan fingerprint density at radius 3 is 1.77 bits per heavy atom. The van der Waals surface area contributed by atoms with Gasteiger partial charge < -0.3 is 4.90 Å². The standard InChI is InChI=1S/C23H23N3/c1-3-9-22(10-4-1)26(23-11-5-2-6-12-23)24-19-20-13-15-21(16-14-20)25-17-7-8-18-25/h1-6,9-16,19H,7-8,17-18H2/b24-19+. The highest BCUT2D eigenvalue weighted by Crippen LogP contribution is 2.25. The molecule has 0 atom stereocenters. The van der Waals surface area contributed by atoms with Crippen LogP contribution in [0.15, 0.2) is 90.0 Å². The molecule has 1 aliphatic rings. The molecule has 1 fully saturated rings. The van der Waals surface area contributed by atoms with E-state index in [9.17, 15) is 0 Å². The van der Waals surface area contributed by atoms with Crippen LogP contribution in [-0.2, 0) is 0 Å². The third-order valence-electron chi connectivity index (χ3n) is 4.69. The molecule has 3 heteroatoms. The summed E-state index contributed by atoms with van der Waals surface area (Å²) in [6.45, 7) is 2.34. The maximum Gasteiger partial charge on any atom is 0.0652 e. The summed E-state index contributed by atoms with van der Waals surface area (Å²) in [6.07, 6.45) is 4.52. The lowest BCUT2D eigenvalue weighted by atomic mass is 10.2. The zero-order chi connectivity index (χ0) is 17.6. The molecule has 3 aromatic rings. The molecule has 1 aliphatic heterocycles. The highest BCUT2D eigenvalue weighted by Gasteiger charge is 2.11. The van der Waals surface area contributed by atoms with Crippen LogP contribution in [0.4, 0.5) is 17.1 Å². The summed E-state index contributed by atoms with van der Waals surface area (Å²) in [5.41, 5.74) is 4.50. The number of benzene rings is 3. The minimum Gasteiger partial charge on any atom is -0.372 e. The van der Waals surface area contributed by atoms with E-state index in [0.29, 0.717) is 0 Å². The van der Waals surface area contributed by atoms with Gasteiger partial charge in [0.1, 0.15) is 0 Å². The van der Waals surface area contributed by atoms with Crippen molar-refractivity contribution in [3.63, 3.8) is 0 Å². The van der Waals surface area contributed by atoms with E-state index in [4.69, 9.17) is 5.10 Å². The van der Waals surface area contributed by atoms with Gasteiger partial charge in [-0.25, -0.2) is 5.01 Å². The van der Waals surface area contributed by atoms with Crippen molar-refractivity contribution in [2.45, 2.75) is 12.8 Å². The van der Waals surface area contributed by atoms with Gasteiger partial charge in [-0.15, -0.1) is 0 Å². The van der Waals surface area contributed by atoms with Gasteiger partial charge in [0.05, 0.1) is 17.6 Å². The van der Waals surface area contributed by atoms with Crippen LogP contribution in [0.1, 0.15) is 18.4 Å². The molecule has 130 valence electrons. The Morgan fingerprint density at radius 2 is 1.23 bits per heavy atom. The summed E-state index contributed by atoms with van der Waals surface area (Å²) in [5.74, 6) is 0. The smallest absolute Gasteiger partial charge is 0.0652 e. The zero-order valence-electron chi connectivity index (χ0n) is 14.8. The Balaban J connectivity index is 1.57. The molecule has 1 saturated heterocycles. The van der Waals surface area contributed by atoms with Crippen molar-refractivity contribution < 1.29 is 0 Å². The Morgan fingerprint density at radius 1 is 0.692 bits per heavy atom. The van der Waals surface area contributed by atoms with Gasteiger partial charge in [-0.2, -0.15) is 5.10 Å². The summed E-state index contributed by atoms with van der Waals surface area (Å²) < 4.78 is 0. The fourth-order valence-corrected chi connectivity index (χ4v) is 3.29. The minimum absolute atomic E-state index is 1.05. The highest BCUT2D eigenvalue weighted by molar-refractivity contribution is 5.82. The number of hydrogen-bond donors (Lipinski definition) is 0. The molecule has 0 spiro atoms. The van der Waals surface area contributed by atoms with Crippen LogP contribution < -0.4 is 9.91 Å². The summed E-state index contributed by atoms with van der Waals surface area (Å²) in [5, 5.41) is 6.72. The van der Waals surface area contributed by atoms with E-state index >= 15 is 0 Å². The second kappa shape index (κ2) is 7.87. The summed E-state index contributed by atoms with van der Waals surface area (Å²) in [6, 6.07) is 29.1. The first-order chi connectivity index (χ1) is 12.9. The van der Waals surface area contributed by atoms with Gasteiger partial charge in [0.25, 0.3) is 0 Å². The SMILES string of the molecule is C(=N\N(c1ccccc1)c1ccccc1)/c1ccc(N2CCCC2)cc1. The van der Waals surface area contributed by atoms with Crippen LogP contribution >= 0.6 is 0 Å². The Bertz CT molecular complexity index is 796. The topological polar surface area (TPSA) is 18.8 Å². The van der Waals surface area contributed by atoms with Crippen molar-refractivity contribution >= 4 is 23.3 Å². The van der Waals surface area contributed by atoms with Crippen molar-refractivity contribution in [1.29, 1.82) is 0 Å². The van der Waals surface area contributed by atoms with E-state index in [1.807, 2.05) is 47.6 Å². The molecule has 0 aliphatic carbocycles. The van der Waals surface area contributed by atoms with E-state index in [1.54, 1.807) is 0 Å². The van der Waals surface area contributed by atoms with Crippen molar-refractivity contribution in [2.75, 3.05) is 23.0 Å². The van der Waals surface area contributed by atoms with Gasteiger partial charge in [0, 0.05) is 18.8 Å². The van der Waals surface area contributed by atoms with E-state index in [-0.39, 0.29) is 0 Å². The Labute approximate surface area is 155 Å². The third kappa shape index (κ3) is 3.77. The molecule has 3 aromatic carbocycles. The lowest BCUT2D eigenvalue weighted by molar-refractivity contribution is 0.949. The largest absolute Gasteiger partial charge is 0.372 e. The minimum atomic E-state index is 1.05. The zero-order valence-corrected chi connectivity index (χ0v) is 14.8. The van der Waals surface area contributed by atoms with Crippen LogP contribution in [0, 0.1) is 0 Å². The molecule has 0 amide bonds. The second-order valence-corrected chi connectivity index (χ2v) is 6.51. The van der Waals surface area contributed by atoms with Crippen LogP contribution in [0.2, 0.25) is 0 Å². The normalized spacial score (nSPS) is 14.1. The molecule has 3 nitrogen and oxygen atoms in total. The average molecular weight is 341 g/mol. The van der Waals surface area contributed by atoms with E-state index < -0.39 is 0 Å². The summed E-state index contributed by atoms with van der Waals surface area (Å²) >= 11 is 0. The maximum atomic E-state index is 4.76. The van der Waals surface area contributed by atoms with Crippen LogP contribution in [0.5, 0.6) is 0 Å². The summed E-state index contributed by atoms with van der Waals surface area (Å²) in [4.78, 5) is 2.45. The van der Waals surface area contributed by atoms with E-state index in [2.05, 4.69) is 53.4 Å². The quantitative estimate of drug-likeness (QED) is 0.453. The van der Waals surface area contributed by atoms with Crippen molar-refractivity contribution in [1.82, 2.24) is 0 Å². The third-order valence-corrected chi connectivity index (χ3v) is 4.69. The monoisotopic (exact) mass is 341 g/mol. The van der Waals surface area contributed by atoms with Crippen molar-refractivity contribution in [3.8, 4) is 0 Å². The fraction of sp³-hybridized carbons (Fsp3) is 0.174. The first kappa shape index (κ1) is 16.4. The lowest BCUT2D eigenvalue weighted by Crippen LogP contribution is -2.17. The van der Waals surface area contributed by atoms with Gasteiger partial charge in [-0.1, -0.05) is 48.5 Å². The molecule has 26 heavy (non-hydrogen) atoms. The van der Waals surface area contributed by atoms with Gasteiger partial charge in [-0.05, 0) is 54.8 Å². The maximum absolute atomic E-state index is 4.76. The fourth-order valence-electron chi connectivity index (χ4n) is 3.29. The predicted molar refractivity (Wildman–Crippen MR) is 111 cm³/mol. The molecule has 4 rings (SSSR count). The van der Waals surface area contributed by atoms with Gasteiger partial charge in [0.15, 0.2) is 0 Å². The van der Waals surface area contributed by atoms with Crippen molar-refractivity contribution in [3.05, 3.63) is 90.5 Å². The number of anilines is 3. The average Bonchev–Trinajstić information content (AvgIpc) is 3.25. The molecule has 0 aromatic heterocycles. The molecule has 1 heterocycles.